The van der Waals surface area contributed by atoms with Crippen molar-refractivity contribution in [2.45, 2.75) is 0 Å². The number of fused-ring (bicyclic) bond motifs is 1. The predicted molar refractivity (Wildman–Crippen MR) is 85.7 cm³/mol. The van der Waals surface area contributed by atoms with Gasteiger partial charge in [0.05, 0.1) is 10.5 Å². The van der Waals surface area contributed by atoms with E-state index in [-0.39, 0.29) is 5.02 Å². The molecule has 5 nitrogen and oxygen atoms in total. The highest BCUT2D eigenvalue weighted by Gasteiger charge is 2.08. The molecule has 0 unspecified atom stereocenters. The van der Waals surface area contributed by atoms with Crippen molar-refractivity contribution in [2.24, 2.45) is 0 Å². The molecule has 0 bridgehead atoms. The SMILES string of the molecule is Fc1cc2c(NCCNc3ccncc3)ncnc2cc1Cl. The topological polar surface area (TPSA) is 62.7 Å². The van der Waals surface area contributed by atoms with E-state index >= 15 is 0 Å². The van der Waals surface area contributed by atoms with Crippen LogP contribution >= 0.6 is 11.6 Å². The van der Waals surface area contributed by atoms with Gasteiger partial charge in [0.2, 0.25) is 0 Å². The molecule has 3 aromatic rings. The summed E-state index contributed by atoms with van der Waals surface area (Å²) in [6.07, 6.45) is 4.87. The maximum absolute atomic E-state index is 13.6. The summed E-state index contributed by atoms with van der Waals surface area (Å²) in [6.45, 7) is 1.31. The van der Waals surface area contributed by atoms with E-state index in [0.717, 1.165) is 5.69 Å². The fraction of sp³-hybridized carbons (Fsp3) is 0.133. The summed E-state index contributed by atoms with van der Waals surface area (Å²) in [5, 5.41) is 7.07. The number of benzene rings is 1. The van der Waals surface area contributed by atoms with Crippen LogP contribution in [0.3, 0.4) is 0 Å². The van der Waals surface area contributed by atoms with Crippen molar-refractivity contribution in [3.8, 4) is 0 Å². The normalized spacial score (nSPS) is 10.6. The van der Waals surface area contributed by atoms with Crippen molar-refractivity contribution in [1.82, 2.24) is 15.0 Å². The minimum atomic E-state index is -0.484. The lowest BCUT2D eigenvalue weighted by atomic mass is 10.2. The van der Waals surface area contributed by atoms with Gasteiger partial charge < -0.3 is 10.6 Å². The average molecular weight is 318 g/mol. The zero-order chi connectivity index (χ0) is 15.4. The van der Waals surface area contributed by atoms with Crippen LogP contribution in [0.5, 0.6) is 0 Å². The molecule has 22 heavy (non-hydrogen) atoms. The first-order chi connectivity index (χ1) is 10.7. The molecule has 0 aliphatic carbocycles. The lowest BCUT2D eigenvalue weighted by molar-refractivity contribution is 0.630. The highest BCUT2D eigenvalue weighted by molar-refractivity contribution is 6.31. The number of nitrogens with zero attached hydrogens (tertiary/aromatic N) is 3. The molecular formula is C15H13ClFN5. The van der Waals surface area contributed by atoms with E-state index < -0.39 is 5.82 Å². The summed E-state index contributed by atoms with van der Waals surface area (Å²) < 4.78 is 13.6. The summed E-state index contributed by atoms with van der Waals surface area (Å²) in [7, 11) is 0. The Morgan fingerprint density at radius 3 is 2.64 bits per heavy atom. The third-order valence-corrected chi connectivity index (χ3v) is 3.39. The van der Waals surface area contributed by atoms with E-state index in [1.807, 2.05) is 12.1 Å². The van der Waals surface area contributed by atoms with E-state index in [1.54, 1.807) is 12.4 Å². The molecule has 0 fully saturated rings. The largest absolute Gasteiger partial charge is 0.383 e. The van der Waals surface area contributed by atoms with Crippen LogP contribution in [0.25, 0.3) is 10.9 Å². The molecule has 0 aliphatic rings. The first-order valence-corrected chi connectivity index (χ1v) is 7.09. The first kappa shape index (κ1) is 14.5. The summed E-state index contributed by atoms with van der Waals surface area (Å²) in [6, 6.07) is 6.61. The molecular weight excluding hydrogens is 305 g/mol. The third kappa shape index (κ3) is 3.23. The van der Waals surface area contributed by atoms with Crippen molar-refractivity contribution >= 4 is 34.0 Å². The Hall–Kier alpha value is -2.47. The summed E-state index contributed by atoms with van der Waals surface area (Å²) in [4.78, 5) is 12.2. The second kappa shape index (κ2) is 6.53. The minimum absolute atomic E-state index is 0.0523. The van der Waals surface area contributed by atoms with Crippen LogP contribution in [0.15, 0.2) is 43.0 Å². The Morgan fingerprint density at radius 1 is 1.05 bits per heavy atom. The molecule has 1 aromatic carbocycles. The number of pyridine rings is 1. The third-order valence-electron chi connectivity index (χ3n) is 3.10. The van der Waals surface area contributed by atoms with Gasteiger partial charge in [0, 0.05) is 36.6 Å². The van der Waals surface area contributed by atoms with Gasteiger partial charge in [-0.15, -0.1) is 0 Å². The lowest BCUT2D eigenvalue weighted by Gasteiger charge is -2.10. The van der Waals surface area contributed by atoms with Crippen LogP contribution in [0.1, 0.15) is 0 Å². The Bertz CT molecular complexity index is 781. The van der Waals surface area contributed by atoms with Crippen LogP contribution in [0.2, 0.25) is 5.02 Å². The molecule has 7 heteroatoms. The quantitative estimate of drug-likeness (QED) is 0.707. The highest BCUT2D eigenvalue weighted by Crippen LogP contribution is 2.25. The lowest BCUT2D eigenvalue weighted by Crippen LogP contribution is -2.14. The monoisotopic (exact) mass is 317 g/mol. The maximum Gasteiger partial charge on any atom is 0.142 e. The fourth-order valence-electron chi connectivity index (χ4n) is 2.05. The van der Waals surface area contributed by atoms with Crippen molar-refractivity contribution in [2.75, 3.05) is 23.7 Å². The van der Waals surface area contributed by atoms with Gasteiger partial charge in [-0.25, -0.2) is 14.4 Å². The molecule has 112 valence electrons. The van der Waals surface area contributed by atoms with Crippen LogP contribution in [0.4, 0.5) is 15.9 Å². The van der Waals surface area contributed by atoms with Crippen LogP contribution in [-0.2, 0) is 0 Å². The van der Waals surface area contributed by atoms with Crippen molar-refractivity contribution in [3.63, 3.8) is 0 Å². The van der Waals surface area contributed by atoms with Gasteiger partial charge in [-0.2, -0.15) is 0 Å². The van der Waals surface area contributed by atoms with Gasteiger partial charge >= 0.3 is 0 Å². The maximum atomic E-state index is 13.6. The molecule has 2 aromatic heterocycles. The van der Waals surface area contributed by atoms with Gasteiger partial charge in [0.1, 0.15) is 18.0 Å². The second-order valence-corrected chi connectivity index (χ2v) is 5.00. The summed E-state index contributed by atoms with van der Waals surface area (Å²) >= 11 is 5.76. The highest BCUT2D eigenvalue weighted by atomic mass is 35.5. The zero-order valence-electron chi connectivity index (χ0n) is 11.6. The number of rotatable bonds is 5. The number of aromatic nitrogens is 3. The second-order valence-electron chi connectivity index (χ2n) is 4.60. The van der Waals surface area contributed by atoms with Crippen LogP contribution < -0.4 is 10.6 Å². The van der Waals surface area contributed by atoms with Gasteiger partial charge in [-0.05, 0) is 24.3 Å². The Morgan fingerprint density at radius 2 is 1.82 bits per heavy atom. The predicted octanol–water partition coefficient (Wildman–Crippen LogP) is 3.34. The van der Waals surface area contributed by atoms with E-state index in [4.69, 9.17) is 11.6 Å². The summed E-state index contributed by atoms with van der Waals surface area (Å²) in [5.41, 5.74) is 1.59. The van der Waals surface area contributed by atoms with Crippen LogP contribution in [0, 0.1) is 5.82 Å². The van der Waals surface area contributed by atoms with Gasteiger partial charge in [0.15, 0.2) is 0 Å². The molecule has 0 amide bonds. The Balaban J connectivity index is 1.68. The molecule has 0 saturated carbocycles. The zero-order valence-corrected chi connectivity index (χ0v) is 12.3. The van der Waals surface area contributed by atoms with Gasteiger partial charge in [-0.3, -0.25) is 4.98 Å². The smallest absolute Gasteiger partial charge is 0.142 e. The summed E-state index contributed by atoms with van der Waals surface area (Å²) in [5.74, 6) is 0.0963. The number of anilines is 2. The molecule has 0 aliphatic heterocycles. The standard InChI is InChI=1S/C15H13ClFN5/c16-12-8-14-11(7-13(12)17)15(22-9-21-14)20-6-5-19-10-1-3-18-4-2-10/h1-4,7-9H,5-6H2,(H,18,19)(H,20,21,22). The number of hydrogen-bond donors (Lipinski definition) is 2. The Labute approximate surface area is 131 Å². The average Bonchev–Trinajstić information content (AvgIpc) is 2.54. The van der Waals surface area contributed by atoms with Crippen LogP contribution in [-0.4, -0.2) is 28.0 Å². The van der Waals surface area contributed by atoms with Gasteiger partial charge in [0.25, 0.3) is 0 Å². The number of halogens is 2. The molecule has 0 saturated heterocycles. The molecule has 0 spiro atoms. The van der Waals surface area contributed by atoms with Crippen molar-refractivity contribution in [3.05, 3.63) is 53.8 Å². The number of nitrogens with one attached hydrogen (secondary N) is 2. The van der Waals surface area contributed by atoms with E-state index in [2.05, 4.69) is 25.6 Å². The fourth-order valence-corrected chi connectivity index (χ4v) is 2.21. The van der Waals surface area contributed by atoms with E-state index in [1.165, 1.54) is 18.5 Å². The van der Waals surface area contributed by atoms with E-state index in [0.29, 0.717) is 29.8 Å². The molecule has 2 heterocycles. The molecule has 0 atom stereocenters. The van der Waals surface area contributed by atoms with Gasteiger partial charge in [-0.1, -0.05) is 11.6 Å². The molecule has 2 N–H and O–H groups in total. The molecule has 0 radical (unpaired) electrons. The first-order valence-electron chi connectivity index (χ1n) is 6.71. The Kier molecular flexibility index (Phi) is 4.29. The minimum Gasteiger partial charge on any atom is -0.383 e. The van der Waals surface area contributed by atoms with E-state index in [9.17, 15) is 4.39 Å². The van der Waals surface area contributed by atoms with Crippen molar-refractivity contribution in [1.29, 1.82) is 0 Å². The van der Waals surface area contributed by atoms with Crippen molar-refractivity contribution < 1.29 is 4.39 Å². The molecule has 3 rings (SSSR count). The number of hydrogen-bond acceptors (Lipinski definition) is 5.